The van der Waals surface area contributed by atoms with Crippen molar-refractivity contribution in [2.45, 2.75) is 20.4 Å². The normalized spacial score (nSPS) is 10.1. The van der Waals surface area contributed by atoms with Crippen LogP contribution in [0, 0.1) is 13.8 Å². The minimum absolute atomic E-state index is 0.841. The zero-order valence-electron chi connectivity index (χ0n) is 7.39. The number of benzene rings is 1. The molecule has 1 aromatic carbocycles. The first kappa shape index (κ1) is 8.28. The van der Waals surface area contributed by atoms with E-state index < -0.39 is 0 Å². The molecule has 0 fully saturated rings. The van der Waals surface area contributed by atoms with E-state index in [2.05, 4.69) is 37.4 Å². The van der Waals surface area contributed by atoms with Crippen LogP contribution in [0.1, 0.15) is 16.7 Å². The maximum Gasteiger partial charge on any atom is -0.0393 e. The van der Waals surface area contributed by atoms with Gasteiger partial charge in [0.25, 0.3) is 0 Å². The van der Waals surface area contributed by atoms with Gasteiger partial charge in [0.15, 0.2) is 0 Å². The maximum absolute atomic E-state index is 4.11. The molecule has 0 spiro atoms. The van der Waals surface area contributed by atoms with Crippen LogP contribution in [-0.2, 0) is 6.54 Å². The van der Waals surface area contributed by atoms with Crippen LogP contribution >= 0.6 is 0 Å². The summed E-state index contributed by atoms with van der Waals surface area (Å²) in [5, 5.41) is 4.11. The van der Waals surface area contributed by atoms with E-state index >= 15 is 0 Å². The second-order valence-electron chi connectivity index (χ2n) is 2.83. The Morgan fingerprint density at radius 2 is 2.00 bits per heavy atom. The van der Waals surface area contributed by atoms with Crippen molar-refractivity contribution >= 4 is 0 Å². The quantitative estimate of drug-likeness (QED) is 0.612. The standard InChI is InChI=1S/C10H14N/c1-8-5-4-6-10(7-11-3)9(8)2/h4-6H,7H2,1-3H3/q-1. The SMILES string of the molecule is C[N-]Cc1cccc(C)c1C. The highest BCUT2D eigenvalue weighted by atomic mass is 14.8. The van der Waals surface area contributed by atoms with Crippen molar-refractivity contribution in [3.63, 3.8) is 0 Å². The number of nitrogens with zero attached hydrogens (tertiary/aromatic N) is 1. The van der Waals surface area contributed by atoms with Crippen molar-refractivity contribution in [2.24, 2.45) is 0 Å². The highest BCUT2D eigenvalue weighted by Crippen LogP contribution is 2.14. The molecule has 0 amide bonds. The fourth-order valence-corrected chi connectivity index (χ4v) is 1.15. The number of hydrogen-bond acceptors (Lipinski definition) is 0. The smallest absolute Gasteiger partial charge is 0.0393 e. The lowest BCUT2D eigenvalue weighted by molar-refractivity contribution is 1.13. The maximum atomic E-state index is 4.11. The van der Waals surface area contributed by atoms with Crippen molar-refractivity contribution in [1.29, 1.82) is 0 Å². The fraction of sp³-hybridized carbons (Fsp3) is 0.400. The molecule has 0 unspecified atom stereocenters. The van der Waals surface area contributed by atoms with Gasteiger partial charge in [-0.1, -0.05) is 23.8 Å². The van der Waals surface area contributed by atoms with E-state index in [1.54, 1.807) is 0 Å². The molecule has 0 bridgehead atoms. The summed E-state index contributed by atoms with van der Waals surface area (Å²) in [7, 11) is 1.85. The van der Waals surface area contributed by atoms with Gasteiger partial charge in [0.1, 0.15) is 0 Å². The lowest BCUT2D eigenvalue weighted by Gasteiger charge is -2.14. The van der Waals surface area contributed by atoms with Crippen molar-refractivity contribution < 1.29 is 0 Å². The number of aryl methyl sites for hydroxylation is 1. The molecule has 11 heavy (non-hydrogen) atoms. The third-order valence-corrected chi connectivity index (χ3v) is 2.05. The molecule has 0 saturated heterocycles. The molecule has 1 nitrogen and oxygen atoms in total. The van der Waals surface area contributed by atoms with Crippen LogP contribution in [0.25, 0.3) is 5.32 Å². The summed E-state index contributed by atoms with van der Waals surface area (Å²) in [6, 6.07) is 6.35. The summed E-state index contributed by atoms with van der Waals surface area (Å²) < 4.78 is 0. The molecule has 60 valence electrons. The lowest BCUT2D eigenvalue weighted by atomic mass is 10.0. The molecule has 0 atom stereocenters. The average molecular weight is 148 g/mol. The molecule has 0 aliphatic rings. The number of rotatable bonds is 2. The number of hydrogen-bond donors (Lipinski definition) is 0. The van der Waals surface area contributed by atoms with Gasteiger partial charge in [-0.15, -0.1) is 6.54 Å². The van der Waals surface area contributed by atoms with Crippen LogP contribution < -0.4 is 0 Å². The first-order valence-electron chi connectivity index (χ1n) is 3.86. The van der Waals surface area contributed by atoms with Gasteiger partial charge < -0.3 is 5.32 Å². The Kier molecular flexibility index (Phi) is 2.66. The molecule has 1 aromatic rings. The van der Waals surface area contributed by atoms with E-state index in [4.69, 9.17) is 0 Å². The Hall–Kier alpha value is -0.820. The highest BCUT2D eigenvalue weighted by Gasteiger charge is 1.94. The van der Waals surface area contributed by atoms with Crippen LogP contribution in [0.4, 0.5) is 0 Å². The Labute approximate surface area is 68.4 Å². The van der Waals surface area contributed by atoms with Crippen LogP contribution in [0.3, 0.4) is 0 Å². The zero-order chi connectivity index (χ0) is 8.27. The summed E-state index contributed by atoms with van der Waals surface area (Å²) in [6.07, 6.45) is 0. The summed E-state index contributed by atoms with van der Waals surface area (Å²) in [5.74, 6) is 0. The molecule has 1 rings (SSSR count). The molecule has 0 radical (unpaired) electrons. The first-order valence-corrected chi connectivity index (χ1v) is 3.86. The topological polar surface area (TPSA) is 14.1 Å². The Balaban J connectivity index is 2.96. The lowest BCUT2D eigenvalue weighted by Crippen LogP contribution is -1.90. The Morgan fingerprint density at radius 1 is 1.27 bits per heavy atom. The van der Waals surface area contributed by atoms with Gasteiger partial charge in [-0.2, -0.15) is 7.05 Å². The van der Waals surface area contributed by atoms with Crippen molar-refractivity contribution in [1.82, 2.24) is 0 Å². The van der Waals surface area contributed by atoms with Gasteiger partial charge in [-0.3, -0.25) is 0 Å². The molecule has 0 saturated carbocycles. The second-order valence-corrected chi connectivity index (χ2v) is 2.83. The molecule has 0 aliphatic carbocycles. The molecule has 0 heterocycles. The Bertz CT molecular complexity index is 241. The van der Waals surface area contributed by atoms with Gasteiger partial charge in [0, 0.05) is 0 Å². The van der Waals surface area contributed by atoms with Gasteiger partial charge in [-0.05, 0) is 25.0 Å². The van der Waals surface area contributed by atoms with Crippen LogP contribution in [0.5, 0.6) is 0 Å². The van der Waals surface area contributed by atoms with Gasteiger partial charge in [0.05, 0.1) is 0 Å². The predicted molar refractivity (Wildman–Crippen MR) is 48.9 cm³/mol. The van der Waals surface area contributed by atoms with Gasteiger partial charge in [-0.25, -0.2) is 0 Å². The molecular weight excluding hydrogens is 134 g/mol. The summed E-state index contributed by atoms with van der Waals surface area (Å²) >= 11 is 0. The predicted octanol–water partition coefficient (Wildman–Crippen LogP) is 2.81. The monoisotopic (exact) mass is 148 g/mol. The molecule has 0 N–H and O–H groups in total. The summed E-state index contributed by atoms with van der Waals surface area (Å²) in [4.78, 5) is 0. The molecule has 1 heteroatoms. The third kappa shape index (κ3) is 1.81. The Morgan fingerprint density at radius 3 is 2.64 bits per heavy atom. The van der Waals surface area contributed by atoms with E-state index in [-0.39, 0.29) is 0 Å². The van der Waals surface area contributed by atoms with Crippen LogP contribution in [0.15, 0.2) is 18.2 Å². The molecular formula is C10H14N-. The van der Waals surface area contributed by atoms with E-state index in [1.165, 1.54) is 16.7 Å². The average Bonchev–Trinajstić information content (AvgIpc) is 1.99. The van der Waals surface area contributed by atoms with Crippen molar-refractivity contribution in [3.8, 4) is 0 Å². The minimum Gasteiger partial charge on any atom is -0.661 e. The fourth-order valence-electron chi connectivity index (χ4n) is 1.15. The zero-order valence-corrected chi connectivity index (χ0v) is 7.39. The largest absolute Gasteiger partial charge is 0.661 e. The van der Waals surface area contributed by atoms with Gasteiger partial charge >= 0.3 is 0 Å². The third-order valence-electron chi connectivity index (χ3n) is 2.05. The van der Waals surface area contributed by atoms with Crippen molar-refractivity contribution in [2.75, 3.05) is 7.05 Å². The summed E-state index contributed by atoms with van der Waals surface area (Å²) in [6.45, 7) is 5.12. The summed E-state index contributed by atoms with van der Waals surface area (Å²) in [5.41, 5.74) is 4.07. The minimum atomic E-state index is 0.841. The molecule has 0 aliphatic heterocycles. The van der Waals surface area contributed by atoms with Crippen LogP contribution in [-0.4, -0.2) is 7.05 Å². The van der Waals surface area contributed by atoms with Gasteiger partial charge in [0.2, 0.25) is 0 Å². The van der Waals surface area contributed by atoms with Crippen LogP contribution in [0.2, 0.25) is 0 Å². The highest BCUT2D eigenvalue weighted by molar-refractivity contribution is 5.33. The van der Waals surface area contributed by atoms with E-state index in [1.807, 2.05) is 7.05 Å². The van der Waals surface area contributed by atoms with Crippen molar-refractivity contribution in [3.05, 3.63) is 40.2 Å². The van der Waals surface area contributed by atoms with E-state index in [9.17, 15) is 0 Å². The van der Waals surface area contributed by atoms with E-state index in [0.29, 0.717) is 0 Å². The molecule has 0 aromatic heterocycles. The first-order chi connectivity index (χ1) is 5.25. The van der Waals surface area contributed by atoms with E-state index in [0.717, 1.165) is 6.54 Å². The second kappa shape index (κ2) is 3.54.